The Morgan fingerprint density at radius 1 is 1.50 bits per heavy atom. The summed E-state index contributed by atoms with van der Waals surface area (Å²) in [6.45, 7) is 4.08. The van der Waals surface area contributed by atoms with Gasteiger partial charge in [-0.05, 0) is 41.9 Å². The third-order valence-electron chi connectivity index (χ3n) is 2.42. The molecule has 106 valence electrons. The molecule has 0 bridgehead atoms. The lowest BCUT2D eigenvalue weighted by Gasteiger charge is -2.09. The largest absolute Gasteiger partial charge is 0.310 e. The number of amides is 1. The van der Waals surface area contributed by atoms with E-state index in [2.05, 4.69) is 36.4 Å². The van der Waals surface area contributed by atoms with Gasteiger partial charge in [-0.3, -0.25) is 4.79 Å². The Morgan fingerprint density at radius 2 is 2.30 bits per heavy atom. The molecule has 20 heavy (non-hydrogen) atoms. The van der Waals surface area contributed by atoms with Crippen LogP contribution in [-0.2, 0) is 4.79 Å². The van der Waals surface area contributed by atoms with Crippen molar-refractivity contribution in [3.8, 4) is 0 Å². The molecule has 2 aromatic rings. The van der Waals surface area contributed by atoms with Crippen molar-refractivity contribution < 1.29 is 4.79 Å². The van der Waals surface area contributed by atoms with Gasteiger partial charge in [-0.1, -0.05) is 11.8 Å². The number of rotatable bonds is 5. The molecule has 1 amide bonds. The van der Waals surface area contributed by atoms with E-state index in [0.29, 0.717) is 5.82 Å². The van der Waals surface area contributed by atoms with Gasteiger partial charge in [-0.2, -0.15) is 0 Å². The van der Waals surface area contributed by atoms with Gasteiger partial charge in [-0.25, -0.2) is 4.98 Å². The zero-order valence-corrected chi connectivity index (χ0v) is 13.5. The smallest absolute Gasteiger partial charge is 0.236 e. The van der Waals surface area contributed by atoms with E-state index in [1.807, 2.05) is 24.5 Å². The van der Waals surface area contributed by atoms with Crippen molar-refractivity contribution >= 4 is 39.4 Å². The van der Waals surface area contributed by atoms with Gasteiger partial charge in [0.05, 0.1) is 5.75 Å². The summed E-state index contributed by atoms with van der Waals surface area (Å²) in [4.78, 5) is 15.9. The molecule has 0 aliphatic carbocycles. The Labute approximate surface area is 129 Å². The summed E-state index contributed by atoms with van der Waals surface area (Å²) in [7, 11) is 0. The molecule has 0 saturated heterocycles. The molecule has 6 nitrogen and oxygen atoms in total. The van der Waals surface area contributed by atoms with Crippen LogP contribution in [0.15, 0.2) is 34.3 Å². The van der Waals surface area contributed by atoms with E-state index in [1.165, 1.54) is 11.8 Å². The number of anilines is 1. The van der Waals surface area contributed by atoms with Crippen molar-refractivity contribution in [1.29, 1.82) is 0 Å². The Morgan fingerprint density at radius 3 is 2.95 bits per heavy atom. The molecule has 8 heteroatoms. The molecule has 0 fully saturated rings. The summed E-state index contributed by atoms with van der Waals surface area (Å²) in [6, 6.07) is 3.83. The normalized spacial score (nSPS) is 10.8. The first-order chi connectivity index (χ1) is 9.56. The summed E-state index contributed by atoms with van der Waals surface area (Å²) < 4.78 is 2.80. The average Bonchev–Trinajstić information content (AvgIpc) is 2.88. The molecule has 2 aromatic heterocycles. The molecule has 0 spiro atoms. The summed E-state index contributed by atoms with van der Waals surface area (Å²) in [5, 5.41) is 11.3. The number of halogens is 1. The van der Waals surface area contributed by atoms with Crippen molar-refractivity contribution in [2.24, 2.45) is 0 Å². The molecular formula is C12H14BrN5OS. The van der Waals surface area contributed by atoms with Crippen molar-refractivity contribution in [2.45, 2.75) is 25.0 Å². The Kier molecular flexibility index (Phi) is 5.13. The second-order valence-corrected chi connectivity index (χ2v) is 6.17. The van der Waals surface area contributed by atoms with Crippen LogP contribution in [0.2, 0.25) is 0 Å². The van der Waals surface area contributed by atoms with Gasteiger partial charge in [0.25, 0.3) is 0 Å². The van der Waals surface area contributed by atoms with Gasteiger partial charge in [0, 0.05) is 16.7 Å². The fraction of sp³-hybridized carbons (Fsp3) is 0.333. The summed E-state index contributed by atoms with van der Waals surface area (Å²) in [5.74, 6) is 0.677. The third kappa shape index (κ3) is 4.04. The minimum Gasteiger partial charge on any atom is -0.310 e. The number of nitrogens with zero attached hydrogens (tertiary/aromatic N) is 4. The van der Waals surface area contributed by atoms with E-state index in [1.54, 1.807) is 18.6 Å². The summed E-state index contributed by atoms with van der Waals surface area (Å²) in [5.41, 5.74) is 0. The van der Waals surface area contributed by atoms with Gasteiger partial charge >= 0.3 is 0 Å². The molecular weight excluding hydrogens is 342 g/mol. The van der Waals surface area contributed by atoms with Crippen LogP contribution < -0.4 is 5.32 Å². The van der Waals surface area contributed by atoms with Crippen molar-refractivity contribution in [3.05, 3.63) is 29.1 Å². The van der Waals surface area contributed by atoms with Crippen LogP contribution in [0.1, 0.15) is 19.9 Å². The number of aromatic nitrogens is 4. The molecule has 0 aliphatic heterocycles. The van der Waals surface area contributed by atoms with Gasteiger partial charge in [-0.15, -0.1) is 10.2 Å². The molecule has 0 aliphatic rings. The minimum atomic E-state index is -0.122. The molecule has 2 rings (SSSR count). The average molecular weight is 356 g/mol. The predicted molar refractivity (Wildman–Crippen MR) is 81.7 cm³/mol. The van der Waals surface area contributed by atoms with Crippen molar-refractivity contribution in [1.82, 2.24) is 19.7 Å². The van der Waals surface area contributed by atoms with Crippen LogP contribution in [0, 0.1) is 0 Å². The monoisotopic (exact) mass is 355 g/mol. The van der Waals surface area contributed by atoms with Crippen LogP contribution >= 0.6 is 27.7 Å². The fourth-order valence-corrected chi connectivity index (χ4v) is 2.53. The van der Waals surface area contributed by atoms with Gasteiger partial charge < -0.3 is 9.88 Å². The molecule has 0 aromatic carbocycles. The second kappa shape index (κ2) is 6.85. The highest BCUT2D eigenvalue weighted by atomic mass is 79.9. The first-order valence-electron chi connectivity index (χ1n) is 6.00. The SMILES string of the molecule is CC(C)n1cnnc1SCC(=O)Nc1ccc(Br)cn1. The van der Waals surface area contributed by atoms with E-state index < -0.39 is 0 Å². The van der Waals surface area contributed by atoms with E-state index in [-0.39, 0.29) is 17.7 Å². The Balaban J connectivity index is 1.89. The predicted octanol–water partition coefficient (Wildman–Crippen LogP) is 2.75. The van der Waals surface area contributed by atoms with Crippen LogP contribution in [0.3, 0.4) is 0 Å². The lowest BCUT2D eigenvalue weighted by atomic mass is 10.4. The van der Waals surface area contributed by atoms with E-state index >= 15 is 0 Å². The van der Waals surface area contributed by atoms with E-state index in [4.69, 9.17) is 0 Å². The number of carbonyl (C=O) groups is 1. The van der Waals surface area contributed by atoms with E-state index in [0.717, 1.165) is 9.63 Å². The first kappa shape index (κ1) is 15.0. The summed E-state index contributed by atoms with van der Waals surface area (Å²) in [6.07, 6.45) is 3.30. The maximum absolute atomic E-state index is 11.8. The zero-order valence-electron chi connectivity index (χ0n) is 11.1. The Hall–Kier alpha value is -1.41. The number of pyridine rings is 1. The highest BCUT2D eigenvalue weighted by Gasteiger charge is 2.11. The van der Waals surface area contributed by atoms with Gasteiger partial charge in [0.15, 0.2) is 5.16 Å². The van der Waals surface area contributed by atoms with Gasteiger partial charge in [0.2, 0.25) is 5.91 Å². The topological polar surface area (TPSA) is 72.7 Å². The molecule has 0 unspecified atom stereocenters. The standard InChI is InChI=1S/C12H14BrN5OS/c1-8(2)18-7-15-17-12(18)20-6-11(19)16-10-4-3-9(13)5-14-10/h3-5,7-8H,6H2,1-2H3,(H,14,16,19). The molecule has 0 radical (unpaired) electrons. The lowest BCUT2D eigenvalue weighted by Crippen LogP contribution is -2.15. The highest BCUT2D eigenvalue weighted by Crippen LogP contribution is 2.19. The number of carbonyl (C=O) groups excluding carboxylic acids is 1. The van der Waals surface area contributed by atoms with Crippen LogP contribution in [-0.4, -0.2) is 31.4 Å². The fourth-order valence-electron chi connectivity index (χ4n) is 1.45. The van der Waals surface area contributed by atoms with Crippen LogP contribution in [0.25, 0.3) is 0 Å². The van der Waals surface area contributed by atoms with Gasteiger partial charge in [0.1, 0.15) is 12.1 Å². The quantitative estimate of drug-likeness (QED) is 0.834. The molecule has 0 atom stereocenters. The third-order valence-corrected chi connectivity index (χ3v) is 3.85. The molecule has 0 saturated carbocycles. The van der Waals surface area contributed by atoms with Crippen LogP contribution in [0.5, 0.6) is 0 Å². The number of hydrogen-bond donors (Lipinski definition) is 1. The van der Waals surface area contributed by atoms with Crippen LogP contribution in [0.4, 0.5) is 5.82 Å². The Bertz CT molecular complexity index is 584. The number of thioether (sulfide) groups is 1. The zero-order chi connectivity index (χ0) is 14.5. The highest BCUT2D eigenvalue weighted by molar-refractivity contribution is 9.10. The lowest BCUT2D eigenvalue weighted by molar-refractivity contribution is -0.113. The maximum atomic E-state index is 11.8. The number of hydrogen-bond acceptors (Lipinski definition) is 5. The van der Waals surface area contributed by atoms with E-state index in [9.17, 15) is 4.79 Å². The molecule has 2 heterocycles. The van der Waals surface area contributed by atoms with Crippen molar-refractivity contribution in [3.63, 3.8) is 0 Å². The minimum absolute atomic E-state index is 0.122. The number of nitrogens with one attached hydrogen (secondary N) is 1. The second-order valence-electron chi connectivity index (χ2n) is 4.31. The molecule has 1 N–H and O–H groups in total. The summed E-state index contributed by atoms with van der Waals surface area (Å²) >= 11 is 4.65. The first-order valence-corrected chi connectivity index (χ1v) is 7.78. The van der Waals surface area contributed by atoms with Crippen molar-refractivity contribution in [2.75, 3.05) is 11.1 Å². The maximum Gasteiger partial charge on any atom is 0.236 e.